The van der Waals surface area contributed by atoms with Crippen LogP contribution in [0.1, 0.15) is 5.56 Å². The van der Waals surface area contributed by atoms with Crippen molar-refractivity contribution in [2.24, 2.45) is 0 Å². The van der Waals surface area contributed by atoms with Gasteiger partial charge in [0.05, 0.1) is 23.1 Å². The van der Waals surface area contributed by atoms with E-state index in [2.05, 4.69) is 10.4 Å². The number of carbonyl (C=O) groups is 1. The summed E-state index contributed by atoms with van der Waals surface area (Å²) in [5.74, 6) is 0.293. The fraction of sp³-hybridized carbons (Fsp3) is 0.111. The topological polar surface area (TPSA) is 56.1 Å². The first-order valence-corrected chi connectivity index (χ1v) is 8.85. The predicted octanol–water partition coefficient (Wildman–Crippen LogP) is 5.16. The molecule has 26 heavy (non-hydrogen) atoms. The van der Waals surface area contributed by atoms with Crippen molar-refractivity contribution in [2.45, 2.75) is 6.42 Å². The van der Waals surface area contributed by atoms with E-state index in [9.17, 15) is 4.79 Å². The maximum atomic E-state index is 11.9. The number of ether oxygens (including phenoxy) is 1. The van der Waals surface area contributed by atoms with Crippen molar-refractivity contribution in [3.05, 3.63) is 75.5 Å². The second kappa shape index (κ2) is 8.45. The Morgan fingerprint density at radius 2 is 1.92 bits per heavy atom. The van der Waals surface area contributed by atoms with Gasteiger partial charge >= 0.3 is 6.09 Å². The summed E-state index contributed by atoms with van der Waals surface area (Å²) in [6.45, 7) is 0.424. The van der Waals surface area contributed by atoms with Gasteiger partial charge in [-0.3, -0.25) is 0 Å². The normalized spacial score (nSPS) is 10.6. The summed E-state index contributed by atoms with van der Waals surface area (Å²) >= 11 is 18.0. The zero-order valence-corrected chi connectivity index (χ0v) is 15.7. The molecule has 3 rings (SSSR count). The van der Waals surface area contributed by atoms with Crippen LogP contribution in [-0.4, -0.2) is 22.4 Å². The van der Waals surface area contributed by atoms with E-state index in [1.165, 1.54) is 10.9 Å². The maximum absolute atomic E-state index is 11.9. The van der Waals surface area contributed by atoms with Crippen LogP contribution in [0.3, 0.4) is 0 Å². The zero-order valence-electron chi connectivity index (χ0n) is 13.5. The van der Waals surface area contributed by atoms with Gasteiger partial charge in [-0.1, -0.05) is 46.9 Å². The maximum Gasteiger partial charge on any atom is 0.412 e. The quantitative estimate of drug-likeness (QED) is 0.632. The molecule has 0 spiro atoms. The van der Waals surface area contributed by atoms with E-state index in [1.807, 2.05) is 18.2 Å². The van der Waals surface area contributed by atoms with Crippen molar-refractivity contribution >= 4 is 40.9 Å². The minimum Gasteiger partial charge on any atom is -0.407 e. The van der Waals surface area contributed by atoms with Crippen molar-refractivity contribution < 1.29 is 9.53 Å². The number of hydrogen-bond acceptors (Lipinski definition) is 3. The van der Waals surface area contributed by atoms with Gasteiger partial charge in [0.15, 0.2) is 5.75 Å². The molecule has 0 atom stereocenters. The third kappa shape index (κ3) is 4.91. The molecule has 0 aliphatic heterocycles. The van der Waals surface area contributed by atoms with Gasteiger partial charge in [0, 0.05) is 16.6 Å². The van der Waals surface area contributed by atoms with Gasteiger partial charge in [-0.25, -0.2) is 9.48 Å². The minimum atomic E-state index is -0.566. The highest BCUT2D eigenvalue weighted by atomic mass is 35.5. The summed E-state index contributed by atoms with van der Waals surface area (Å²) in [7, 11) is 0. The van der Waals surface area contributed by atoms with Gasteiger partial charge in [0.1, 0.15) is 0 Å². The molecule has 0 saturated carbocycles. The average molecular weight is 411 g/mol. The van der Waals surface area contributed by atoms with Gasteiger partial charge in [-0.2, -0.15) is 5.10 Å². The molecular formula is C18H14Cl3N3O2. The van der Waals surface area contributed by atoms with Crippen LogP contribution in [0, 0.1) is 0 Å². The van der Waals surface area contributed by atoms with Gasteiger partial charge in [-0.05, 0) is 42.3 Å². The van der Waals surface area contributed by atoms with E-state index in [0.717, 1.165) is 5.56 Å². The molecule has 1 amide bonds. The molecule has 1 aromatic heterocycles. The van der Waals surface area contributed by atoms with Crippen LogP contribution in [0.15, 0.2) is 54.9 Å². The molecule has 3 aromatic rings. The number of rotatable bonds is 5. The number of hydrogen-bond donors (Lipinski definition) is 1. The molecule has 8 heteroatoms. The van der Waals surface area contributed by atoms with E-state index in [4.69, 9.17) is 39.5 Å². The smallest absolute Gasteiger partial charge is 0.407 e. The molecule has 0 saturated heterocycles. The van der Waals surface area contributed by atoms with Crippen molar-refractivity contribution in [2.75, 3.05) is 6.54 Å². The van der Waals surface area contributed by atoms with Crippen LogP contribution in [-0.2, 0) is 6.42 Å². The number of nitrogens with zero attached hydrogens (tertiary/aromatic N) is 2. The Balaban J connectivity index is 1.55. The summed E-state index contributed by atoms with van der Waals surface area (Å²) in [5.41, 5.74) is 1.62. The first-order chi connectivity index (χ1) is 12.5. The Morgan fingerprint density at radius 1 is 1.12 bits per heavy atom. The highest BCUT2D eigenvalue weighted by Crippen LogP contribution is 2.25. The molecule has 1 heterocycles. The molecule has 0 fully saturated rings. The standard InChI is InChI=1S/C18H14Cl3N3O2/c19-13-3-1-2-12(8-13)6-7-22-18(25)26-15-10-23-24(11-15)17-9-14(20)4-5-16(17)21/h1-5,8-11H,6-7H2,(H,22,25). The van der Waals surface area contributed by atoms with Gasteiger partial charge < -0.3 is 10.1 Å². The van der Waals surface area contributed by atoms with E-state index in [0.29, 0.717) is 39.5 Å². The van der Waals surface area contributed by atoms with E-state index in [1.54, 1.807) is 30.5 Å². The predicted molar refractivity (Wildman–Crippen MR) is 103 cm³/mol. The monoisotopic (exact) mass is 409 g/mol. The summed E-state index contributed by atoms with van der Waals surface area (Å²) in [6, 6.07) is 12.5. The van der Waals surface area contributed by atoms with E-state index >= 15 is 0 Å². The molecule has 5 nitrogen and oxygen atoms in total. The molecule has 134 valence electrons. The highest BCUT2D eigenvalue weighted by Gasteiger charge is 2.10. The van der Waals surface area contributed by atoms with Crippen molar-refractivity contribution in [3.8, 4) is 11.4 Å². The third-order valence-electron chi connectivity index (χ3n) is 3.50. The molecule has 0 aliphatic carbocycles. The molecule has 0 aliphatic rings. The first-order valence-electron chi connectivity index (χ1n) is 7.71. The van der Waals surface area contributed by atoms with Crippen LogP contribution < -0.4 is 10.1 Å². The fourth-order valence-corrected chi connectivity index (χ4v) is 2.88. The lowest BCUT2D eigenvalue weighted by Gasteiger charge is -2.06. The lowest BCUT2D eigenvalue weighted by molar-refractivity contribution is 0.200. The average Bonchev–Trinajstić information content (AvgIpc) is 3.05. The van der Waals surface area contributed by atoms with Gasteiger partial charge in [0.2, 0.25) is 0 Å². The van der Waals surface area contributed by atoms with Crippen LogP contribution in [0.25, 0.3) is 5.69 Å². The number of carbonyl (C=O) groups excluding carboxylic acids is 1. The Labute approximate surface area is 165 Å². The Morgan fingerprint density at radius 3 is 2.73 bits per heavy atom. The lowest BCUT2D eigenvalue weighted by Crippen LogP contribution is -2.28. The first kappa shape index (κ1) is 18.6. The molecule has 0 unspecified atom stereocenters. The summed E-state index contributed by atoms with van der Waals surface area (Å²) < 4.78 is 6.70. The van der Waals surface area contributed by atoms with Crippen LogP contribution in [0.4, 0.5) is 4.79 Å². The minimum absolute atomic E-state index is 0.293. The SMILES string of the molecule is O=C(NCCc1cccc(Cl)c1)Oc1cnn(-c2cc(Cl)ccc2Cl)c1. The van der Waals surface area contributed by atoms with Crippen LogP contribution in [0.2, 0.25) is 15.1 Å². The van der Waals surface area contributed by atoms with Gasteiger partial charge in [-0.15, -0.1) is 0 Å². The van der Waals surface area contributed by atoms with E-state index < -0.39 is 6.09 Å². The molecule has 2 aromatic carbocycles. The number of benzene rings is 2. The number of aromatic nitrogens is 2. The number of amides is 1. The summed E-state index contributed by atoms with van der Waals surface area (Å²) in [5, 5.41) is 8.49. The lowest BCUT2D eigenvalue weighted by atomic mass is 10.1. The molecular weight excluding hydrogens is 397 g/mol. The third-order valence-corrected chi connectivity index (χ3v) is 4.29. The van der Waals surface area contributed by atoms with Crippen molar-refractivity contribution in [1.82, 2.24) is 15.1 Å². The van der Waals surface area contributed by atoms with Crippen molar-refractivity contribution in [1.29, 1.82) is 0 Å². The fourth-order valence-electron chi connectivity index (χ4n) is 2.30. The summed E-state index contributed by atoms with van der Waals surface area (Å²) in [6.07, 6.45) is 3.05. The number of halogens is 3. The van der Waals surface area contributed by atoms with Crippen molar-refractivity contribution in [3.63, 3.8) is 0 Å². The molecule has 0 radical (unpaired) electrons. The summed E-state index contributed by atoms with van der Waals surface area (Å²) in [4.78, 5) is 11.9. The second-order valence-corrected chi connectivity index (χ2v) is 6.69. The van der Waals surface area contributed by atoms with Crippen LogP contribution >= 0.6 is 34.8 Å². The largest absolute Gasteiger partial charge is 0.412 e. The molecule has 1 N–H and O–H groups in total. The Bertz CT molecular complexity index is 928. The zero-order chi connectivity index (χ0) is 18.5. The Hall–Kier alpha value is -2.21. The molecule has 0 bridgehead atoms. The highest BCUT2D eigenvalue weighted by molar-refractivity contribution is 6.34. The number of nitrogens with one attached hydrogen (secondary N) is 1. The van der Waals surface area contributed by atoms with Crippen LogP contribution in [0.5, 0.6) is 5.75 Å². The van der Waals surface area contributed by atoms with Gasteiger partial charge in [0.25, 0.3) is 0 Å². The Kier molecular flexibility index (Phi) is 6.04. The van der Waals surface area contributed by atoms with E-state index in [-0.39, 0.29) is 0 Å². The second-order valence-electron chi connectivity index (χ2n) is 5.41.